The zero-order valence-corrected chi connectivity index (χ0v) is 40.3. The molecule has 1 aromatic carbocycles. The van der Waals surface area contributed by atoms with Crippen LogP contribution in [0.25, 0.3) is 44.5 Å². The van der Waals surface area contributed by atoms with Crippen molar-refractivity contribution in [3.8, 4) is 44.5 Å². The maximum Gasteiger partial charge on any atom is 0.488 e. The molecule has 0 saturated carbocycles. The Morgan fingerprint density at radius 2 is 1.07 bits per heavy atom. The standard InChI is InChI=1S/C46H45N9O4.C7H8BBrO2/c1-31(2)44(57)53-15-6-4-12-43(56)42(55-46(59)41-20-39(28-52-30-41)37-18-35(24-50-26-37)33-10-8-14-48-22-33)11-3-5-16-54-45(58)40-19-38(27-51-29-40)36-17-34(23-49-25-36)32-9-7-13-47-21-32;9-5-6-3-1-2-4-7(6)8(10)11/h7-10,13-14,17-30,42H,1,3-6,11-12,15-16H2,2H3,(H,53,57)(H,54,58)(H,55,59);1-4,10-11H,5H2. The van der Waals surface area contributed by atoms with E-state index in [1.807, 2.05) is 48.5 Å². The van der Waals surface area contributed by atoms with E-state index in [1.165, 1.54) is 12.4 Å². The Kier molecular flexibility index (Phi) is 19.8. The highest BCUT2D eigenvalue weighted by molar-refractivity contribution is 9.08. The number of rotatable bonds is 21. The van der Waals surface area contributed by atoms with E-state index in [4.69, 9.17) is 10.0 Å². The van der Waals surface area contributed by atoms with Gasteiger partial charge in [0.1, 0.15) is 0 Å². The number of carbonyl (C=O) groups excluding carboxylic acids is 4. The fourth-order valence-corrected chi connectivity index (χ4v) is 7.72. The molecule has 15 nitrogen and oxygen atoms in total. The van der Waals surface area contributed by atoms with Crippen molar-refractivity contribution in [1.82, 2.24) is 45.9 Å². The number of halogens is 1. The highest BCUT2D eigenvalue weighted by Crippen LogP contribution is 2.26. The maximum absolute atomic E-state index is 13.6. The van der Waals surface area contributed by atoms with Crippen LogP contribution in [0.2, 0.25) is 0 Å². The number of nitrogens with one attached hydrogen (secondary N) is 3. The Morgan fingerprint density at radius 3 is 1.59 bits per heavy atom. The van der Waals surface area contributed by atoms with Gasteiger partial charge in [0.25, 0.3) is 11.8 Å². The van der Waals surface area contributed by atoms with Crippen LogP contribution >= 0.6 is 15.9 Å². The van der Waals surface area contributed by atoms with Gasteiger partial charge in [-0.05, 0) is 86.5 Å². The molecule has 0 aliphatic rings. The highest BCUT2D eigenvalue weighted by Gasteiger charge is 2.22. The van der Waals surface area contributed by atoms with Crippen LogP contribution < -0.4 is 21.4 Å². The van der Waals surface area contributed by atoms with Crippen molar-refractivity contribution in [1.29, 1.82) is 0 Å². The number of Topliss-reactive ketones (excluding diaryl/α,β-unsaturated/α-hetero) is 1. The van der Waals surface area contributed by atoms with Crippen LogP contribution in [0.3, 0.4) is 0 Å². The van der Waals surface area contributed by atoms with Gasteiger partial charge in [0.2, 0.25) is 5.91 Å². The zero-order chi connectivity index (χ0) is 49.7. The van der Waals surface area contributed by atoms with Gasteiger partial charge in [0.05, 0.1) is 17.2 Å². The third-order valence-corrected chi connectivity index (χ3v) is 11.6. The number of unbranched alkanes of at least 4 members (excludes halogenated alkanes) is 2. The van der Waals surface area contributed by atoms with Crippen molar-refractivity contribution in [2.45, 2.75) is 56.8 Å². The predicted octanol–water partition coefficient (Wildman–Crippen LogP) is 7.12. The molecule has 0 aliphatic heterocycles. The molecule has 17 heteroatoms. The number of benzene rings is 1. The maximum atomic E-state index is 13.6. The van der Waals surface area contributed by atoms with E-state index < -0.39 is 19.1 Å². The number of alkyl halides is 1. The number of hydrogen-bond acceptors (Lipinski definition) is 12. The van der Waals surface area contributed by atoms with Crippen molar-refractivity contribution in [3.05, 3.63) is 176 Å². The van der Waals surface area contributed by atoms with Crippen LogP contribution in [0.15, 0.2) is 159 Å². The molecule has 356 valence electrons. The lowest BCUT2D eigenvalue weighted by Crippen LogP contribution is -2.41. The Labute approximate surface area is 415 Å². The third-order valence-electron chi connectivity index (χ3n) is 11.0. The van der Waals surface area contributed by atoms with Crippen LogP contribution in [0.4, 0.5) is 0 Å². The molecular formula is C53H53BBrN9O6. The van der Waals surface area contributed by atoms with Gasteiger partial charge >= 0.3 is 7.12 Å². The van der Waals surface area contributed by atoms with Crippen molar-refractivity contribution >= 4 is 52.0 Å². The number of carbonyl (C=O) groups is 4. The minimum absolute atomic E-state index is 0.115. The normalized spacial score (nSPS) is 11.0. The fraction of sp³-hybridized carbons (Fsp3) is 0.208. The molecule has 6 heterocycles. The van der Waals surface area contributed by atoms with E-state index in [1.54, 1.807) is 93.2 Å². The molecule has 6 aromatic heterocycles. The summed E-state index contributed by atoms with van der Waals surface area (Å²) in [4.78, 5) is 78.0. The van der Waals surface area contributed by atoms with E-state index in [0.29, 0.717) is 78.2 Å². The number of amides is 3. The molecule has 0 fully saturated rings. The quantitative estimate of drug-likeness (QED) is 0.0210. The molecule has 1 atom stereocenters. The van der Waals surface area contributed by atoms with Gasteiger partial charge < -0.3 is 26.0 Å². The molecule has 7 rings (SSSR count). The minimum atomic E-state index is -1.37. The van der Waals surface area contributed by atoms with Crippen molar-refractivity contribution in [3.63, 3.8) is 0 Å². The summed E-state index contributed by atoms with van der Waals surface area (Å²) in [5.74, 6) is -1.04. The van der Waals surface area contributed by atoms with E-state index in [9.17, 15) is 19.2 Å². The zero-order valence-electron chi connectivity index (χ0n) is 38.7. The molecule has 0 spiro atoms. The van der Waals surface area contributed by atoms with Gasteiger partial charge in [-0.3, -0.25) is 49.1 Å². The monoisotopic (exact) mass is 1000 g/mol. The van der Waals surface area contributed by atoms with Crippen molar-refractivity contribution in [2.24, 2.45) is 0 Å². The summed E-state index contributed by atoms with van der Waals surface area (Å²) < 4.78 is 0. The lowest BCUT2D eigenvalue weighted by Gasteiger charge is -2.18. The highest BCUT2D eigenvalue weighted by atomic mass is 79.9. The molecule has 3 amide bonds. The average Bonchev–Trinajstić information content (AvgIpc) is 3.40. The first kappa shape index (κ1) is 51.8. The van der Waals surface area contributed by atoms with Crippen LogP contribution in [-0.4, -0.2) is 89.7 Å². The summed E-state index contributed by atoms with van der Waals surface area (Å²) in [6, 6.07) is 21.5. The van der Waals surface area contributed by atoms with Gasteiger partial charge in [-0.25, -0.2) is 0 Å². The summed E-state index contributed by atoms with van der Waals surface area (Å²) in [7, 11) is -1.37. The number of nitrogens with zero attached hydrogens (tertiary/aromatic N) is 6. The second kappa shape index (κ2) is 26.8. The first-order valence-corrected chi connectivity index (χ1v) is 23.8. The van der Waals surface area contributed by atoms with E-state index >= 15 is 0 Å². The Bertz CT molecular complexity index is 2870. The van der Waals surface area contributed by atoms with Gasteiger partial charge in [-0.1, -0.05) is 58.9 Å². The summed E-state index contributed by atoms with van der Waals surface area (Å²) in [6.07, 6.45) is 23.1. The Morgan fingerprint density at radius 1 is 0.586 bits per heavy atom. The Hall–Kier alpha value is -7.60. The van der Waals surface area contributed by atoms with Crippen molar-refractivity contribution in [2.75, 3.05) is 13.1 Å². The molecule has 0 radical (unpaired) electrons. The van der Waals surface area contributed by atoms with Gasteiger partial charge in [0.15, 0.2) is 5.78 Å². The van der Waals surface area contributed by atoms with Gasteiger partial charge in [-0.2, -0.15) is 0 Å². The molecule has 0 bridgehead atoms. The smallest absolute Gasteiger partial charge is 0.423 e. The average molecular weight is 1000 g/mol. The van der Waals surface area contributed by atoms with Crippen LogP contribution in [0.5, 0.6) is 0 Å². The number of hydrogen-bond donors (Lipinski definition) is 5. The Balaban J connectivity index is 0.000000643. The molecule has 5 N–H and O–H groups in total. The molecule has 7 aromatic rings. The number of aromatic nitrogens is 6. The van der Waals surface area contributed by atoms with E-state index in [2.05, 4.69) is 68.4 Å². The molecule has 0 saturated heterocycles. The molecular weight excluding hydrogens is 949 g/mol. The molecule has 1 unspecified atom stereocenters. The second-order valence-electron chi connectivity index (χ2n) is 16.3. The van der Waals surface area contributed by atoms with Gasteiger partial charge in [-0.15, -0.1) is 0 Å². The number of ketones is 1. The van der Waals surface area contributed by atoms with E-state index in [-0.39, 0.29) is 24.0 Å². The first-order chi connectivity index (χ1) is 34.0. The fourth-order valence-electron chi connectivity index (χ4n) is 7.21. The van der Waals surface area contributed by atoms with Gasteiger partial charge in [0, 0.05) is 149 Å². The van der Waals surface area contributed by atoms with Crippen LogP contribution in [0.1, 0.15) is 71.7 Å². The lowest BCUT2D eigenvalue weighted by atomic mass is 9.77. The van der Waals surface area contributed by atoms with Crippen LogP contribution in [0, 0.1) is 0 Å². The summed E-state index contributed by atoms with van der Waals surface area (Å²) >= 11 is 3.25. The van der Waals surface area contributed by atoms with E-state index in [0.717, 1.165) is 44.5 Å². The number of pyridine rings is 6. The summed E-state index contributed by atoms with van der Waals surface area (Å²) in [5, 5.41) is 27.1. The summed E-state index contributed by atoms with van der Waals surface area (Å²) in [5.41, 5.74) is 9.24. The summed E-state index contributed by atoms with van der Waals surface area (Å²) in [6.45, 7) is 6.05. The first-order valence-electron chi connectivity index (χ1n) is 22.7. The second-order valence-corrected chi connectivity index (χ2v) is 16.8. The third kappa shape index (κ3) is 15.5. The van der Waals surface area contributed by atoms with Crippen molar-refractivity contribution < 1.29 is 29.2 Å². The molecule has 70 heavy (non-hydrogen) atoms. The predicted molar refractivity (Wildman–Crippen MR) is 274 cm³/mol. The lowest BCUT2D eigenvalue weighted by molar-refractivity contribution is -0.121. The largest absolute Gasteiger partial charge is 0.488 e. The minimum Gasteiger partial charge on any atom is -0.423 e. The van der Waals surface area contributed by atoms with Crippen LogP contribution in [-0.2, 0) is 14.9 Å². The SMILES string of the molecule is C=C(C)C(=O)NCCCCC(=O)C(CCCCNC(=O)c1cncc(-c2cncc(-c3cccnc3)c2)c1)NC(=O)c1cncc(-c2cncc(-c3cccnc3)c2)c1.OB(O)c1ccccc1CBr. The topological polar surface area (TPSA) is 222 Å². The molecule has 0 aliphatic carbocycles.